The molecule has 4 amide bonds. The van der Waals surface area contributed by atoms with Crippen molar-refractivity contribution in [2.45, 2.75) is 18.2 Å². The monoisotopic (exact) mass is 580 g/mol. The molecule has 13 heteroatoms. The van der Waals surface area contributed by atoms with Crippen LogP contribution in [0.3, 0.4) is 0 Å². The van der Waals surface area contributed by atoms with Crippen molar-refractivity contribution < 1.29 is 24.3 Å². The minimum atomic E-state index is -0.955. The van der Waals surface area contributed by atoms with Gasteiger partial charge in [0.05, 0.1) is 10.6 Å². The summed E-state index contributed by atoms with van der Waals surface area (Å²) in [7, 11) is 0. The molecule has 0 saturated carbocycles. The molecule has 0 aliphatic carbocycles. The van der Waals surface area contributed by atoms with Crippen LogP contribution in [-0.4, -0.2) is 92.9 Å². The number of halogens is 2. The van der Waals surface area contributed by atoms with Crippen LogP contribution in [0.25, 0.3) is 0 Å². The molecule has 0 spiro atoms. The van der Waals surface area contributed by atoms with Crippen molar-refractivity contribution in [3.8, 4) is 0 Å². The van der Waals surface area contributed by atoms with Crippen molar-refractivity contribution in [3.63, 3.8) is 0 Å². The van der Waals surface area contributed by atoms with E-state index in [2.05, 4.69) is 31.2 Å². The summed E-state index contributed by atoms with van der Waals surface area (Å²) in [6, 6.07) is 4.69. The number of benzene rings is 1. The van der Waals surface area contributed by atoms with Crippen molar-refractivity contribution >= 4 is 57.0 Å². The molecule has 192 valence electrons. The molecule has 0 unspecified atom stereocenters. The van der Waals surface area contributed by atoms with Gasteiger partial charge in [0.15, 0.2) is 5.82 Å². The first-order valence-corrected chi connectivity index (χ1v) is 13.0. The van der Waals surface area contributed by atoms with Crippen LogP contribution in [0.1, 0.15) is 39.5 Å². The maximum atomic E-state index is 13.1. The van der Waals surface area contributed by atoms with Crippen LogP contribution in [-0.2, 0) is 10.1 Å². The van der Waals surface area contributed by atoms with Gasteiger partial charge in [-0.15, -0.1) is 0 Å². The summed E-state index contributed by atoms with van der Waals surface area (Å²) in [5.74, 6) is -0.669. The number of carboxylic acid groups (broad SMARTS) is 1. The standard InChI is InChI=1S/C23H26BrClN6O5/c24-12-16-13-26-19(27-16)20(32)28-15-1-2-17(18(25)11-15)22(34)30-9-7-29(8-10-30)21(33)14-3-5-31(6-4-14)23(35)36/h1-2,11,13-14H,3-10,12H2,(H,26,27)(H,28,32)(H,35,36). The van der Waals surface area contributed by atoms with Crippen molar-refractivity contribution in [2.75, 3.05) is 44.6 Å². The Labute approximate surface area is 220 Å². The van der Waals surface area contributed by atoms with Gasteiger partial charge in [-0.05, 0) is 31.0 Å². The molecule has 0 bridgehead atoms. The lowest BCUT2D eigenvalue weighted by molar-refractivity contribution is -0.138. The Hall–Kier alpha value is -3.12. The molecule has 4 rings (SSSR count). The van der Waals surface area contributed by atoms with Gasteiger partial charge in [-0.1, -0.05) is 27.5 Å². The Bertz CT molecular complexity index is 1160. The average molecular weight is 582 g/mol. The molecule has 3 N–H and O–H groups in total. The Morgan fingerprint density at radius 3 is 2.31 bits per heavy atom. The van der Waals surface area contributed by atoms with Gasteiger partial charge in [0.1, 0.15) is 0 Å². The summed E-state index contributed by atoms with van der Waals surface area (Å²) in [5.41, 5.74) is 1.52. The molecule has 2 aliphatic heterocycles. The minimum Gasteiger partial charge on any atom is -0.465 e. The second-order valence-electron chi connectivity index (χ2n) is 8.70. The smallest absolute Gasteiger partial charge is 0.407 e. The lowest BCUT2D eigenvalue weighted by Gasteiger charge is -2.38. The number of nitrogens with zero attached hydrogens (tertiary/aromatic N) is 4. The molecular formula is C23H26BrClN6O5. The number of anilines is 1. The fraction of sp³-hybridized carbons (Fsp3) is 0.435. The fourth-order valence-electron chi connectivity index (χ4n) is 4.38. The van der Waals surface area contributed by atoms with Crippen molar-refractivity contribution in [1.29, 1.82) is 0 Å². The molecule has 2 fully saturated rings. The molecule has 2 saturated heterocycles. The first-order valence-electron chi connectivity index (χ1n) is 11.5. The number of rotatable bonds is 5. The summed E-state index contributed by atoms with van der Waals surface area (Å²) in [6.07, 6.45) is 1.64. The number of carbonyl (C=O) groups excluding carboxylic acids is 3. The van der Waals surface area contributed by atoms with Crippen LogP contribution < -0.4 is 5.32 Å². The van der Waals surface area contributed by atoms with Gasteiger partial charge in [-0.2, -0.15) is 0 Å². The molecule has 1 aromatic heterocycles. The first kappa shape index (κ1) is 26.0. The predicted octanol–water partition coefficient (Wildman–Crippen LogP) is 2.88. The largest absolute Gasteiger partial charge is 0.465 e. The zero-order valence-corrected chi connectivity index (χ0v) is 21.7. The van der Waals surface area contributed by atoms with Gasteiger partial charge in [0.2, 0.25) is 5.91 Å². The van der Waals surface area contributed by atoms with Crippen molar-refractivity contribution in [1.82, 2.24) is 24.7 Å². The number of likely N-dealkylation sites (tertiary alicyclic amines) is 1. The van der Waals surface area contributed by atoms with Gasteiger partial charge in [-0.25, -0.2) is 9.78 Å². The van der Waals surface area contributed by atoms with Gasteiger partial charge in [0.25, 0.3) is 11.8 Å². The van der Waals surface area contributed by atoms with Crippen LogP contribution >= 0.6 is 27.5 Å². The average Bonchev–Trinajstić information content (AvgIpc) is 3.38. The molecule has 36 heavy (non-hydrogen) atoms. The number of aromatic nitrogens is 2. The number of hydrogen-bond donors (Lipinski definition) is 3. The lowest BCUT2D eigenvalue weighted by atomic mass is 9.95. The highest BCUT2D eigenvalue weighted by Crippen LogP contribution is 2.25. The van der Waals surface area contributed by atoms with E-state index in [9.17, 15) is 19.2 Å². The number of piperazine rings is 1. The fourth-order valence-corrected chi connectivity index (χ4v) is 4.92. The van der Waals surface area contributed by atoms with E-state index >= 15 is 0 Å². The molecule has 11 nitrogen and oxygen atoms in total. The van der Waals surface area contributed by atoms with Crippen molar-refractivity contribution in [2.24, 2.45) is 5.92 Å². The van der Waals surface area contributed by atoms with E-state index in [4.69, 9.17) is 16.7 Å². The normalized spacial score (nSPS) is 16.7. The quantitative estimate of drug-likeness (QED) is 0.464. The number of hydrogen-bond acceptors (Lipinski definition) is 5. The van der Waals surface area contributed by atoms with Crippen molar-refractivity contribution in [3.05, 3.63) is 46.5 Å². The Kier molecular flexibility index (Phi) is 8.14. The van der Waals surface area contributed by atoms with E-state index in [-0.39, 0.29) is 28.6 Å². The third kappa shape index (κ3) is 5.81. The van der Waals surface area contributed by atoms with E-state index < -0.39 is 12.0 Å². The van der Waals surface area contributed by atoms with Crippen LogP contribution in [0.15, 0.2) is 24.4 Å². The zero-order valence-electron chi connectivity index (χ0n) is 19.4. The van der Waals surface area contributed by atoms with Gasteiger partial charge in [-0.3, -0.25) is 14.4 Å². The number of aromatic amines is 1. The maximum absolute atomic E-state index is 13.1. The number of piperidine rings is 1. The Morgan fingerprint density at radius 1 is 1.06 bits per heavy atom. The summed E-state index contributed by atoms with van der Waals surface area (Å²) in [4.78, 5) is 61.0. The molecule has 2 aliphatic rings. The summed E-state index contributed by atoms with van der Waals surface area (Å²) < 4.78 is 0. The molecule has 0 atom stereocenters. The van der Waals surface area contributed by atoms with Crippen LogP contribution in [0.5, 0.6) is 0 Å². The highest BCUT2D eigenvalue weighted by atomic mass is 79.9. The van der Waals surface area contributed by atoms with E-state index in [1.165, 1.54) is 11.0 Å². The van der Waals surface area contributed by atoms with Gasteiger partial charge in [0, 0.05) is 68.1 Å². The summed E-state index contributed by atoms with van der Waals surface area (Å²) in [5, 5.41) is 12.5. The number of H-pyrrole nitrogens is 1. The molecule has 0 radical (unpaired) electrons. The topological polar surface area (TPSA) is 139 Å². The third-order valence-corrected chi connectivity index (χ3v) is 7.35. The predicted molar refractivity (Wildman–Crippen MR) is 135 cm³/mol. The number of nitrogens with one attached hydrogen (secondary N) is 2. The highest BCUT2D eigenvalue weighted by molar-refractivity contribution is 9.08. The lowest BCUT2D eigenvalue weighted by Crippen LogP contribution is -2.53. The van der Waals surface area contributed by atoms with Crippen LogP contribution in [0.4, 0.5) is 10.5 Å². The van der Waals surface area contributed by atoms with E-state index in [0.717, 1.165) is 5.69 Å². The summed E-state index contributed by atoms with van der Waals surface area (Å²) in [6.45, 7) is 2.30. The molecule has 1 aromatic carbocycles. The number of amides is 4. The second kappa shape index (κ2) is 11.3. The SMILES string of the molecule is O=C(Nc1ccc(C(=O)N2CCN(C(=O)C3CCN(C(=O)O)CC3)CC2)c(Cl)c1)c1ncc(CBr)[nH]1. The van der Waals surface area contributed by atoms with Gasteiger partial charge < -0.3 is 30.1 Å². The number of imidazole rings is 1. The van der Waals surface area contributed by atoms with E-state index in [0.29, 0.717) is 68.7 Å². The van der Waals surface area contributed by atoms with E-state index in [1.54, 1.807) is 28.1 Å². The third-order valence-electron chi connectivity index (χ3n) is 6.44. The summed E-state index contributed by atoms with van der Waals surface area (Å²) >= 11 is 9.67. The number of alkyl halides is 1. The van der Waals surface area contributed by atoms with Crippen LogP contribution in [0.2, 0.25) is 5.02 Å². The Morgan fingerprint density at radius 2 is 1.72 bits per heavy atom. The highest BCUT2D eigenvalue weighted by Gasteiger charge is 2.32. The minimum absolute atomic E-state index is 0.0186. The zero-order chi connectivity index (χ0) is 25.8. The number of carbonyl (C=O) groups is 4. The van der Waals surface area contributed by atoms with Crippen LogP contribution in [0, 0.1) is 5.92 Å². The molecule has 3 heterocycles. The first-order chi connectivity index (χ1) is 17.3. The second-order valence-corrected chi connectivity index (χ2v) is 9.67. The molecule has 2 aromatic rings. The molecular weight excluding hydrogens is 556 g/mol. The van der Waals surface area contributed by atoms with E-state index in [1.807, 2.05) is 0 Å². The maximum Gasteiger partial charge on any atom is 0.407 e. The Balaban J connectivity index is 1.30. The van der Waals surface area contributed by atoms with Gasteiger partial charge >= 0.3 is 6.09 Å².